The van der Waals surface area contributed by atoms with E-state index in [-0.39, 0.29) is 18.1 Å². The molecule has 1 amide bonds. The van der Waals surface area contributed by atoms with Crippen LogP contribution in [0.1, 0.15) is 19.3 Å². The SMILES string of the molecule is COCC(=O)N1CCC2(CC1)C[C@H](Nc1cccc(OC)c1)CO2. The number of hydrogen-bond donors (Lipinski definition) is 1. The largest absolute Gasteiger partial charge is 0.497 e. The van der Waals surface area contributed by atoms with Crippen LogP contribution in [0, 0.1) is 0 Å². The summed E-state index contributed by atoms with van der Waals surface area (Å²) < 4.78 is 16.3. The highest BCUT2D eigenvalue weighted by Gasteiger charge is 2.43. The standard InChI is InChI=1S/C18H26N2O4/c1-22-13-17(21)20-8-6-18(7-9-20)11-15(12-24-18)19-14-4-3-5-16(10-14)23-2/h3-5,10,15,19H,6-9,11-13H2,1-2H3/t15-/m0/s1. The molecule has 2 aliphatic heterocycles. The van der Waals surface area contributed by atoms with Crippen molar-refractivity contribution >= 4 is 11.6 Å². The van der Waals surface area contributed by atoms with Gasteiger partial charge in [-0.3, -0.25) is 4.79 Å². The number of amides is 1. The molecule has 132 valence electrons. The van der Waals surface area contributed by atoms with Crippen LogP contribution < -0.4 is 10.1 Å². The molecule has 0 saturated carbocycles. The van der Waals surface area contributed by atoms with Crippen molar-refractivity contribution in [1.82, 2.24) is 4.90 Å². The van der Waals surface area contributed by atoms with E-state index in [1.165, 1.54) is 0 Å². The number of piperidine rings is 1. The van der Waals surface area contributed by atoms with Crippen molar-refractivity contribution in [1.29, 1.82) is 0 Å². The molecule has 24 heavy (non-hydrogen) atoms. The van der Waals surface area contributed by atoms with Gasteiger partial charge in [0.2, 0.25) is 5.91 Å². The van der Waals surface area contributed by atoms with Gasteiger partial charge in [-0.25, -0.2) is 0 Å². The lowest BCUT2D eigenvalue weighted by Crippen LogP contribution is -2.47. The number of carbonyl (C=O) groups excluding carboxylic acids is 1. The van der Waals surface area contributed by atoms with Gasteiger partial charge in [0.25, 0.3) is 0 Å². The molecule has 6 nitrogen and oxygen atoms in total. The lowest BCUT2D eigenvalue weighted by Gasteiger charge is -2.38. The summed E-state index contributed by atoms with van der Waals surface area (Å²) in [5.74, 6) is 0.912. The van der Waals surface area contributed by atoms with E-state index in [0.29, 0.717) is 12.6 Å². The highest BCUT2D eigenvalue weighted by molar-refractivity contribution is 5.77. The molecule has 0 radical (unpaired) electrons. The van der Waals surface area contributed by atoms with Crippen LogP contribution in [0.2, 0.25) is 0 Å². The third-order valence-corrected chi connectivity index (χ3v) is 4.94. The second-order valence-corrected chi connectivity index (χ2v) is 6.59. The first kappa shape index (κ1) is 17.0. The number of nitrogens with one attached hydrogen (secondary N) is 1. The Balaban J connectivity index is 1.53. The minimum atomic E-state index is -0.0968. The summed E-state index contributed by atoms with van der Waals surface area (Å²) in [5, 5.41) is 3.54. The van der Waals surface area contributed by atoms with E-state index in [9.17, 15) is 4.79 Å². The third kappa shape index (κ3) is 3.82. The van der Waals surface area contributed by atoms with Gasteiger partial charge < -0.3 is 24.4 Å². The van der Waals surface area contributed by atoms with E-state index in [0.717, 1.165) is 43.8 Å². The van der Waals surface area contributed by atoms with E-state index < -0.39 is 0 Å². The minimum absolute atomic E-state index is 0.0661. The number of anilines is 1. The Morgan fingerprint density at radius 3 is 2.88 bits per heavy atom. The second-order valence-electron chi connectivity index (χ2n) is 6.59. The first-order valence-corrected chi connectivity index (χ1v) is 8.45. The fraction of sp³-hybridized carbons (Fsp3) is 0.611. The normalized spacial score (nSPS) is 22.6. The van der Waals surface area contributed by atoms with Crippen LogP contribution in [0.3, 0.4) is 0 Å². The van der Waals surface area contributed by atoms with Crippen molar-refractivity contribution < 1.29 is 19.0 Å². The fourth-order valence-electron chi connectivity index (χ4n) is 3.61. The van der Waals surface area contributed by atoms with Gasteiger partial charge in [-0.15, -0.1) is 0 Å². The van der Waals surface area contributed by atoms with Gasteiger partial charge in [0.1, 0.15) is 12.4 Å². The summed E-state index contributed by atoms with van der Waals surface area (Å²) in [6, 6.07) is 8.24. The minimum Gasteiger partial charge on any atom is -0.497 e. The lowest BCUT2D eigenvalue weighted by molar-refractivity contribution is -0.139. The predicted octanol–water partition coefficient (Wildman–Crippen LogP) is 1.90. The molecule has 0 bridgehead atoms. The Morgan fingerprint density at radius 2 is 2.17 bits per heavy atom. The third-order valence-electron chi connectivity index (χ3n) is 4.94. The highest BCUT2D eigenvalue weighted by atomic mass is 16.5. The van der Waals surface area contributed by atoms with Gasteiger partial charge >= 0.3 is 0 Å². The number of nitrogens with zero attached hydrogens (tertiary/aromatic N) is 1. The molecule has 1 N–H and O–H groups in total. The molecule has 0 unspecified atom stereocenters. The Labute approximate surface area is 143 Å². The van der Waals surface area contributed by atoms with Crippen LogP contribution in [0.4, 0.5) is 5.69 Å². The topological polar surface area (TPSA) is 60.0 Å². The van der Waals surface area contributed by atoms with Gasteiger partial charge in [0.15, 0.2) is 0 Å². The molecular weight excluding hydrogens is 308 g/mol. The van der Waals surface area contributed by atoms with Crippen molar-refractivity contribution in [3.63, 3.8) is 0 Å². The molecule has 1 atom stereocenters. The average Bonchev–Trinajstić information content (AvgIpc) is 2.98. The molecule has 2 fully saturated rings. The maximum atomic E-state index is 11.9. The zero-order valence-electron chi connectivity index (χ0n) is 14.4. The Hall–Kier alpha value is -1.79. The Kier molecular flexibility index (Phi) is 5.26. The maximum Gasteiger partial charge on any atom is 0.248 e. The highest BCUT2D eigenvalue weighted by Crippen LogP contribution is 2.37. The molecule has 1 spiro atoms. The summed E-state index contributed by atoms with van der Waals surface area (Å²) >= 11 is 0. The fourth-order valence-corrected chi connectivity index (χ4v) is 3.61. The number of likely N-dealkylation sites (tertiary alicyclic amines) is 1. The maximum absolute atomic E-state index is 11.9. The quantitative estimate of drug-likeness (QED) is 0.891. The van der Waals surface area contributed by atoms with Crippen molar-refractivity contribution in [2.24, 2.45) is 0 Å². The number of hydrogen-bond acceptors (Lipinski definition) is 5. The average molecular weight is 334 g/mol. The number of carbonyl (C=O) groups is 1. The smallest absolute Gasteiger partial charge is 0.248 e. The van der Waals surface area contributed by atoms with Crippen molar-refractivity contribution in [2.75, 3.05) is 45.8 Å². The van der Waals surface area contributed by atoms with Crippen LogP contribution in [0.25, 0.3) is 0 Å². The van der Waals surface area contributed by atoms with Crippen LogP contribution in [-0.2, 0) is 14.3 Å². The molecule has 2 heterocycles. The van der Waals surface area contributed by atoms with Crippen LogP contribution in [0.15, 0.2) is 24.3 Å². The van der Waals surface area contributed by atoms with Gasteiger partial charge in [-0.2, -0.15) is 0 Å². The van der Waals surface area contributed by atoms with E-state index >= 15 is 0 Å². The van der Waals surface area contributed by atoms with Gasteiger partial charge in [-0.1, -0.05) is 6.07 Å². The second kappa shape index (κ2) is 7.40. The zero-order chi connectivity index (χ0) is 17.0. The van der Waals surface area contributed by atoms with Crippen molar-refractivity contribution in [3.8, 4) is 5.75 Å². The van der Waals surface area contributed by atoms with E-state index in [1.54, 1.807) is 14.2 Å². The van der Waals surface area contributed by atoms with Gasteiger partial charge in [0, 0.05) is 32.0 Å². The van der Waals surface area contributed by atoms with E-state index in [4.69, 9.17) is 14.2 Å². The molecule has 2 aliphatic rings. The number of benzene rings is 1. The summed E-state index contributed by atoms with van der Waals surface area (Å²) in [7, 11) is 3.23. The van der Waals surface area contributed by atoms with Gasteiger partial charge in [0.05, 0.1) is 25.4 Å². The first-order chi connectivity index (χ1) is 11.6. The van der Waals surface area contributed by atoms with Crippen LogP contribution in [0.5, 0.6) is 5.75 Å². The van der Waals surface area contributed by atoms with Crippen LogP contribution >= 0.6 is 0 Å². The Morgan fingerprint density at radius 1 is 1.38 bits per heavy atom. The molecular formula is C18H26N2O4. The van der Waals surface area contributed by atoms with E-state index in [2.05, 4.69) is 5.32 Å². The molecule has 6 heteroatoms. The number of methoxy groups -OCH3 is 2. The Bertz CT molecular complexity index is 570. The van der Waals surface area contributed by atoms with E-state index in [1.807, 2.05) is 29.2 Å². The summed E-state index contributed by atoms with van der Waals surface area (Å²) in [6.45, 7) is 2.35. The number of rotatable bonds is 5. The molecule has 0 aliphatic carbocycles. The zero-order valence-corrected chi connectivity index (χ0v) is 14.4. The summed E-state index contributed by atoms with van der Waals surface area (Å²) in [4.78, 5) is 13.8. The predicted molar refractivity (Wildman–Crippen MR) is 91.4 cm³/mol. The molecule has 0 aromatic heterocycles. The molecule has 1 aromatic carbocycles. The molecule has 3 rings (SSSR count). The monoisotopic (exact) mass is 334 g/mol. The first-order valence-electron chi connectivity index (χ1n) is 8.45. The molecule has 2 saturated heterocycles. The van der Waals surface area contributed by atoms with Gasteiger partial charge in [-0.05, 0) is 31.4 Å². The van der Waals surface area contributed by atoms with Crippen LogP contribution in [-0.4, -0.2) is 63.0 Å². The van der Waals surface area contributed by atoms with Crippen molar-refractivity contribution in [3.05, 3.63) is 24.3 Å². The van der Waals surface area contributed by atoms with Crippen molar-refractivity contribution in [2.45, 2.75) is 30.9 Å². The lowest BCUT2D eigenvalue weighted by atomic mass is 9.87. The number of ether oxygens (including phenoxy) is 3. The summed E-state index contributed by atoms with van der Waals surface area (Å²) in [6.07, 6.45) is 2.74. The molecule has 1 aromatic rings. The summed E-state index contributed by atoms with van der Waals surface area (Å²) in [5.41, 5.74) is 0.952.